The van der Waals surface area contributed by atoms with Gasteiger partial charge in [0, 0.05) is 17.7 Å². The lowest BCUT2D eigenvalue weighted by Crippen LogP contribution is -2.22. The van der Waals surface area contributed by atoms with Crippen LogP contribution in [0.1, 0.15) is 36.5 Å². The number of hydrogen-bond donors (Lipinski definition) is 0. The fraction of sp³-hybridized carbons (Fsp3) is 0.375. The molecule has 0 atom stereocenters. The first-order valence-electron chi connectivity index (χ1n) is 10.6. The maximum atomic E-state index is 13.0. The fourth-order valence-electron chi connectivity index (χ4n) is 3.24. The van der Waals surface area contributed by atoms with Gasteiger partial charge in [-0.1, -0.05) is 37.2 Å². The van der Waals surface area contributed by atoms with E-state index in [0.717, 1.165) is 24.0 Å². The smallest absolute Gasteiger partial charge is 0.325 e. The SMILES string of the molecule is CCCCCOc1cccc(C(=O)N=c2sc3cc(OC)c(OC)cc3n2CC(=O)OC)c1. The summed E-state index contributed by atoms with van der Waals surface area (Å²) in [5.41, 5.74) is 1.09. The molecule has 0 bridgehead atoms. The zero-order chi connectivity index (χ0) is 23.8. The number of esters is 1. The van der Waals surface area contributed by atoms with Crippen LogP contribution in [0, 0.1) is 0 Å². The number of unbranched alkanes of at least 4 members (excludes halogenated alkanes) is 2. The van der Waals surface area contributed by atoms with E-state index >= 15 is 0 Å². The van der Waals surface area contributed by atoms with Crippen LogP contribution in [-0.2, 0) is 16.1 Å². The van der Waals surface area contributed by atoms with Gasteiger partial charge in [-0.25, -0.2) is 0 Å². The minimum atomic E-state index is -0.458. The van der Waals surface area contributed by atoms with Crippen molar-refractivity contribution in [3.05, 3.63) is 46.8 Å². The van der Waals surface area contributed by atoms with Crippen LogP contribution in [0.5, 0.6) is 17.2 Å². The van der Waals surface area contributed by atoms with Gasteiger partial charge in [-0.05, 0) is 24.6 Å². The Hall–Kier alpha value is -3.33. The largest absolute Gasteiger partial charge is 0.494 e. The third-order valence-corrected chi connectivity index (χ3v) is 6.04. The van der Waals surface area contributed by atoms with Gasteiger partial charge in [-0.2, -0.15) is 4.99 Å². The standard InChI is InChI=1S/C24H28N2O6S/c1-5-6-7-11-32-17-10-8-9-16(12-17)23(28)25-24-26(15-22(27)31-4)18-13-19(29-2)20(30-3)14-21(18)33-24/h8-10,12-14H,5-7,11,15H2,1-4H3. The molecule has 0 aliphatic carbocycles. The monoisotopic (exact) mass is 472 g/mol. The van der Waals surface area contributed by atoms with E-state index in [1.54, 1.807) is 42.0 Å². The Balaban J connectivity index is 2.01. The molecule has 0 N–H and O–H groups in total. The zero-order valence-corrected chi connectivity index (χ0v) is 20.1. The average Bonchev–Trinajstić information content (AvgIpc) is 3.16. The van der Waals surface area contributed by atoms with Gasteiger partial charge in [0.1, 0.15) is 12.3 Å². The number of thiazole rings is 1. The highest BCUT2D eigenvalue weighted by atomic mass is 32.1. The highest BCUT2D eigenvalue weighted by molar-refractivity contribution is 7.16. The summed E-state index contributed by atoms with van der Waals surface area (Å²) in [7, 11) is 4.40. The molecule has 8 nitrogen and oxygen atoms in total. The number of aromatic nitrogens is 1. The van der Waals surface area contributed by atoms with Gasteiger partial charge in [0.15, 0.2) is 16.3 Å². The molecule has 1 aromatic heterocycles. The van der Waals surface area contributed by atoms with Gasteiger partial charge in [-0.3, -0.25) is 9.59 Å². The number of methoxy groups -OCH3 is 3. The maximum absolute atomic E-state index is 13.0. The van der Waals surface area contributed by atoms with E-state index in [1.165, 1.54) is 25.6 Å². The first-order valence-corrected chi connectivity index (χ1v) is 11.5. The number of hydrogen-bond acceptors (Lipinski definition) is 7. The zero-order valence-electron chi connectivity index (χ0n) is 19.3. The van der Waals surface area contributed by atoms with Crippen LogP contribution in [-0.4, -0.2) is 44.4 Å². The van der Waals surface area contributed by atoms with E-state index in [-0.39, 0.29) is 6.54 Å². The van der Waals surface area contributed by atoms with E-state index in [0.29, 0.717) is 39.7 Å². The molecule has 0 unspecified atom stereocenters. The van der Waals surface area contributed by atoms with Crippen LogP contribution in [0.2, 0.25) is 0 Å². The molecule has 0 saturated carbocycles. The van der Waals surface area contributed by atoms with E-state index in [9.17, 15) is 9.59 Å². The lowest BCUT2D eigenvalue weighted by molar-refractivity contribution is -0.141. The van der Waals surface area contributed by atoms with Crippen molar-refractivity contribution in [2.75, 3.05) is 27.9 Å². The number of ether oxygens (including phenoxy) is 4. The first-order chi connectivity index (χ1) is 16.0. The van der Waals surface area contributed by atoms with Gasteiger partial charge in [0.25, 0.3) is 5.91 Å². The normalized spacial score (nSPS) is 11.5. The van der Waals surface area contributed by atoms with E-state index in [2.05, 4.69) is 11.9 Å². The first kappa shape index (κ1) is 24.3. The molecule has 0 fully saturated rings. The summed E-state index contributed by atoms with van der Waals surface area (Å²) in [6.07, 6.45) is 3.16. The summed E-state index contributed by atoms with van der Waals surface area (Å²) in [6.45, 7) is 2.63. The molecule has 0 radical (unpaired) electrons. The lowest BCUT2D eigenvalue weighted by atomic mass is 10.2. The third-order valence-electron chi connectivity index (χ3n) is 5.00. The molecule has 3 aromatic rings. The van der Waals surface area contributed by atoms with E-state index < -0.39 is 11.9 Å². The second kappa shape index (κ2) is 11.5. The van der Waals surface area contributed by atoms with Gasteiger partial charge in [0.05, 0.1) is 38.2 Å². The van der Waals surface area contributed by atoms with Gasteiger partial charge in [0.2, 0.25) is 0 Å². The van der Waals surface area contributed by atoms with Crippen molar-refractivity contribution in [2.24, 2.45) is 4.99 Å². The number of rotatable bonds is 10. The van der Waals surface area contributed by atoms with Crippen LogP contribution >= 0.6 is 11.3 Å². The summed E-state index contributed by atoms with van der Waals surface area (Å²) < 4.78 is 23.8. The van der Waals surface area contributed by atoms with Crippen molar-refractivity contribution in [1.82, 2.24) is 4.57 Å². The molecule has 33 heavy (non-hydrogen) atoms. The van der Waals surface area contributed by atoms with Crippen molar-refractivity contribution in [2.45, 2.75) is 32.7 Å². The summed E-state index contributed by atoms with van der Waals surface area (Å²) in [5, 5.41) is 0. The molecule has 3 rings (SSSR count). The molecule has 0 saturated heterocycles. The van der Waals surface area contributed by atoms with Gasteiger partial charge in [-0.15, -0.1) is 0 Å². The van der Waals surface area contributed by atoms with Crippen molar-refractivity contribution in [1.29, 1.82) is 0 Å². The van der Waals surface area contributed by atoms with E-state index in [1.807, 2.05) is 6.07 Å². The van der Waals surface area contributed by atoms with Crippen LogP contribution in [0.25, 0.3) is 10.2 Å². The number of amides is 1. The highest BCUT2D eigenvalue weighted by Gasteiger charge is 2.16. The topological polar surface area (TPSA) is 88.4 Å². The molecular formula is C24H28N2O6S. The number of carbonyl (C=O) groups is 2. The Morgan fingerprint density at radius 1 is 1.03 bits per heavy atom. The number of nitrogens with zero attached hydrogens (tertiary/aromatic N) is 2. The fourth-order valence-corrected chi connectivity index (χ4v) is 4.28. The summed E-state index contributed by atoms with van der Waals surface area (Å²) >= 11 is 1.27. The van der Waals surface area contributed by atoms with Crippen LogP contribution in [0.3, 0.4) is 0 Å². The van der Waals surface area contributed by atoms with Gasteiger partial charge >= 0.3 is 5.97 Å². The Morgan fingerprint density at radius 3 is 2.48 bits per heavy atom. The summed E-state index contributed by atoms with van der Waals surface area (Å²) in [4.78, 5) is 29.7. The Kier molecular flexibility index (Phi) is 8.48. The molecule has 9 heteroatoms. The summed E-state index contributed by atoms with van der Waals surface area (Å²) in [6, 6.07) is 10.5. The molecule has 1 heterocycles. The van der Waals surface area contributed by atoms with Gasteiger partial charge < -0.3 is 23.5 Å². The molecule has 0 aliphatic heterocycles. The van der Waals surface area contributed by atoms with Crippen molar-refractivity contribution < 1.29 is 28.5 Å². The van der Waals surface area contributed by atoms with Crippen LogP contribution in [0.15, 0.2) is 41.4 Å². The highest BCUT2D eigenvalue weighted by Crippen LogP contribution is 2.33. The second-order valence-electron chi connectivity index (χ2n) is 7.22. The maximum Gasteiger partial charge on any atom is 0.325 e. The van der Waals surface area contributed by atoms with E-state index in [4.69, 9.17) is 18.9 Å². The molecule has 2 aromatic carbocycles. The minimum Gasteiger partial charge on any atom is -0.494 e. The molecule has 1 amide bonds. The number of carbonyl (C=O) groups excluding carboxylic acids is 2. The van der Waals surface area contributed by atoms with Crippen molar-refractivity contribution >= 4 is 33.4 Å². The Labute approximate surface area is 196 Å². The molecule has 0 aliphatic rings. The van der Waals surface area contributed by atoms with Crippen LogP contribution in [0.4, 0.5) is 0 Å². The Bertz CT molecular complexity index is 1200. The predicted molar refractivity (Wildman–Crippen MR) is 126 cm³/mol. The minimum absolute atomic E-state index is 0.0985. The second-order valence-corrected chi connectivity index (χ2v) is 8.23. The molecule has 0 spiro atoms. The molecule has 176 valence electrons. The van der Waals surface area contributed by atoms with Crippen molar-refractivity contribution in [3.63, 3.8) is 0 Å². The molecular weight excluding hydrogens is 444 g/mol. The Morgan fingerprint density at radius 2 is 1.79 bits per heavy atom. The number of fused-ring (bicyclic) bond motifs is 1. The quantitative estimate of drug-likeness (QED) is 0.325. The van der Waals surface area contributed by atoms with Crippen LogP contribution < -0.4 is 19.0 Å². The lowest BCUT2D eigenvalue weighted by Gasteiger charge is -2.09. The number of benzene rings is 2. The third kappa shape index (κ3) is 5.92. The summed E-state index contributed by atoms with van der Waals surface area (Å²) in [5.74, 6) is 0.786. The predicted octanol–water partition coefficient (Wildman–Crippen LogP) is 4.20. The van der Waals surface area contributed by atoms with Crippen molar-refractivity contribution in [3.8, 4) is 17.2 Å². The average molecular weight is 473 g/mol.